The summed E-state index contributed by atoms with van der Waals surface area (Å²) < 4.78 is 11.1. The molecule has 2 saturated heterocycles. The average molecular weight is 420 g/mol. The molecular formula is C17H28N2O10. The number of rotatable bonds is 6. The molecule has 12 heteroatoms. The number of ether oxygens (including phenoxy) is 2. The summed E-state index contributed by atoms with van der Waals surface area (Å²) in [6.07, 6.45) is -8.61. The van der Waals surface area contributed by atoms with Crippen molar-refractivity contribution in [1.29, 1.82) is 0 Å². The summed E-state index contributed by atoms with van der Waals surface area (Å²) in [5.74, 6) is -1.05. The molecule has 12 nitrogen and oxygen atoms in total. The zero-order valence-corrected chi connectivity index (χ0v) is 16.1. The van der Waals surface area contributed by atoms with Crippen molar-refractivity contribution >= 4 is 11.8 Å². The van der Waals surface area contributed by atoms with E-state index in [4.69, 9.17) is 9.47 Å². The smallest absolute Gasteiger partial charge is 0.217 e. The van der Waals surface area contributed by atoms with Gasteiger partial charge in [0.1, 0.15) is 48.8 Å². The van der Waals surface area contributed by atoms with Gasteiger partial charge in [-0.05, 0) is 0 Å². The van der Waals surface area contributed by atoms with E-state index in [1.165, 1.54) is 13.8 Å². The van der Waals surface area contributed by atoms with E-state index < -0.39 is 73.7 Å². The van der Waals surface area contributed by atoms with Gasteiger partial charge in [-0.25, -0.2) is 0 Å². The van der Waals surface area contributed by atoms with Crippen LogP contribution in [0.4, 0.5) is 0 Å². The molecule has 0 aliphatic carbocycles. The Balaban J connectivity index is 2.28. The number of hydrogen-bond acceptors (Lipinski definition) is 10. The van der Waals surface area contributed by atoms with E-state index in [1.807, 2.05) is 0 Å². The zero-order chi connectivity index (χ0) is 21.9. The van der Waals surface area contributed by atoms with Crippen LogP contribution in [0.2, 0.25) is 0 Å². The Hall–Kier alpha value is -1.38. The van der Waals surface area contributed by atoms with Crippen LogP contribution >= 0.6 is 0 Å². The molecule has 8 N–H and O–H groups in total. The zero-order valence-electron chi connectivity index (χ0n) is 16.1. The molecule has 2 amide bonds. The predicted molar refractivity (Wildman–Crippen MR) is 94.3 cm³/mol. The molecular weight excluding hydrogens is 392 g/mol. The molecule has 2 heterocycles. The number of aliphatic hydroxyl groups is 6. The summed E-state index contributed by atoms with van der Waals surface area (Å²) >= 11 is 0. The molecule has 0 spiro atoms. The van der Waals surface area contributed by atoms with Gasteiger partial charge in [-0.15, -0.1) is 0 Å². The predicted octanol–water partition coefficient (Wildman–Crippen LogP) is -4.32. The fourth-order valence-corrected chi connectivity index (χ4v) is 3.43. The minimum absolute atomic E-state index is 0.00248. The fraction of sp³-hybridized carbons (Fsp3) is 0.765. The van der Waals surface area contributed by atoms with Crippen molar-refractivity contribution in [3.8, 4) is 0 Å². The topological polar surface area (TPSA) is 198 Å². The van der Waals surface area contributed by atoms with Gasteiger partial charge in [0.2, 0.25) is 11.8 Å². The van der Waals surface area contributed by atoms with E-state index in [9.17, 15) is 40.2 Å². The monoisotopic (exact) mass is 420 g/mol. The Morgan fingerprint density at radius 3 is 1.38 bits per heavy atom. The van der Waals surface area contributed by atoms with Crippen molar-refractivity contribution in [2.24, 2.45) is 0 Å². The fourth-order valence-electron chi connectivity index (χ4n) is 3.43. The number of nitrogens with one attached hydrogen (secondary N) is 2. The SMILES string of the molecule is CC(=O)N[C@H]1[C](C[C]2O[C@H](CO)[C@H](O)[C@H](O)[C@H]2NC(C)=O)O[C@H](CO)[C@H](O)[C@@H]1O. The molecule has 0 unspecified atom stereocenters. The van der Waals surface area contributed by atoms with Gasteiger partial charge in [0, 0.05) is 20.3 Å². The lowest BCUT2D eigenvalue weighted by atomic mass is 9.85. The number of carbonyl (C=O) groups excluding carboxylic acids is 2. The molecule has 8 atom stereocenters. The van der Waals surface area contributed by atoms with Gasteiger partial charge >= 0.3 is 0 Å². The van der Waals surface area contributed by atoms with Gasteiger partial charge in [0.05, 0.1) is 25.3 Å². The maximum Gasteiger partial charge on any atom is 0.217 e. The highest BCUT2D eigenvalue weighted by Crippen LogP contribution is 2.37. The minimum atomic E-state index is -1.51. The molecule has 0 aromatic heterocycles. The Labute approximate surface area is 167 Å². The van der Waals surface area contributed by atoms with Gasteiger partial charge in [0.25, 0.3) is 0 Å². The molecule has 0 aromatic rings. The molecule has 2 aliphatic rings. The van der Waals surface area contributed by atoms with Crippen molar-refractivity contribution in [1.82, 2.24) is 10.6 Å². The van der Waals surface area contributed by atoms with Gasteiger partial charge in [0.15, 0.2) is 0 Å². The molecule has 2 fully saturated rings. The van der Waals surface area contributed by atoms with E-state index in [1.54, 1.807) is 0 Å². The Morgan fingerprint density at radius 1 is 0.759 bits per heavy atom. The molecule has 0 aromatic carbocycles. The molecule has 0 bridgehead atoms. The second-order valence-electron chi connectivity index (χ2n) is 7.11. The van der Waals surface area contributed by atoms with Gasteiger partial charge in [-0.3, -0.25) is 9.59 Å². The summed E-state index contributed by atoms with van der Waals surface area (Å²) in [7, 11) is 0. The van der Waals surface area contributed by atoms with Gasteiger partial charge < -0.3 is 50.7 Å². The van der Waals surface area contributed by atoms with E-state index in [0.29, 0.717) is 0 Å². The summed E-state index contributed by atoms with van der Waals surface area (Å²) in [4.78, 5) is 23.1. The van der Waals surface area contributed by atoms with Crippen LogP contribution in [0, 0.1) is 12.2 Å². The van der Waals surface area contributed by atoms with Crippen LogP contribution in [0.15, 0.2) is 0 Å². The van der Waals surface area contributed by atoms with Crippen molar-refractivity contribution < 1.29 is 49.7 Å². The van der Waals surface area contributed by atoms with Crippen LogP contribution < -0.4 is 10.6 Å². The molecule has 166 valence electrons. The van der Waals surface area contributed by atoms with E-state index in [2.05, 4.69) is 10.6 Å². The quantitative estimate of drug-likeness (QED) is 0.208. The lowest BCUT2D eigenvalue weighted by molar-refractivity contribution is -0.180. The Kier molecular flexibility index (Phi) is 8.31. The normalized spacial score (nSPS) is 39.2. The van der Waals surface area contributed by atoms with Crippen LogP contribution in [0.1, 0.15) is 20.3 Å². The number of aliphatic hydroxyl groups excluding tert-OH is 6. The Morgan fingerprint density at radius 2 is 1.10 bits per heavy atom. The first-order chi connectivity index (χ1) is 13.6. The van der Waals surface area contributed by atoms with E-state index >= 15 is 0 Å². The molecule has 2 radical (unpaired) electrons. The third kappa shape index (κ3) is 5.41. The average Bonchev–Trinajstić information content (AvgIpc) is 2.66. The highest BCUT2D eigenvalue weighted by molar-refractivity contribution is 5.74. The van der Waals surface area contributed by atoms with Crippen LogP contribution in [0.25, 0.3) is 0 Å². The lowest BCUT2D eigenvalue weighted by Crippen LogP contribution is -2.64. The first-order valence-electron chi connectivity index (χ1n) is 9.13. The lowest BCUT2D eigenvalue weighted by Gasteiger charge is -2.46. The second-order valence-corrected chi connectivity index (χ2v) is 7.11. The minimum Gasteiger partial charge on any atom is -0.394 e. The van der Waals surface area contributed by atoms with Crippen LogP contribution in [-0.4, -0.2) is 104 Å². The molecule has 0 saturated carbocycles. The Bertz CT molecular complexity index is 530. The summed E-state index contributed by atoms with van der Waals surface area (Å²) in [6, 6.07) is -2.34. The number of carbonyl (C=O) groups is 2. The maximum atomic E-state index is 11.5. The standard InChI is InChI=1S/C17H28N2O10/c1-6(22)18-12-8(28-10(4-20)14(24)16(12)26)3-9-13(19-7(2)23)17(27)15(25)11(5-21)29-9/h10-17,20-21,24-27H,3-5H2,1-2H3,(H,18,22)(H,19,23)/t10-,11-,12+,13+,14+,15+,16-,17-/m1/s1. The third-order valence-corrected chi connectivity index (χ3v) is 4.87. The third-order valence-electron chi connectivity index (χ3n) is 4.87. The van der Waals surface area contributed by atoms with Crippen LogP contribution in [-0.2, 0) is 19.1 Å². The summed E-state index contributed by atoms with van der Waals surface area (Å²) in [6.45, 7) is 1.14. The van der Waals surface area contributed by atoms with Crippen molar-refractivity contribution in [3.63, 3.8) is 0 Å². The van der Waals surface area contributed by atoms with Gasteiger partial charge in [-0.2, -0.15) is 0 Å². The van der Waals surface area contributed by atoms with Gasteiger partial charge in [-0.1, -0.05) is 0 Å². The number of hydrogen-bond donors (Lipinski definition) is 8. The van der Waals surface area contributed by atoms with Crippen LogP contribution in [0.5, 0.6) is 0 Å². The van der Waals surface area contributed by atoms with Crippen molar-refractivity contribution in [2.45, 2.75) is 69.0 Å². The number of amides is 2. The van der Waals surface area contributed by atoms with Crippen molar-refractivity contribution in [2.75, 3.05) is 13.2 Å². The molecule has 2 rings (SSSR count). The summed E-state index contributed by atoms with van der Waals surface area (Å²) in [5, 5.41) is 64.5. The van der Waals surface area contributed by atoms with E-state index in [-0.39, 0.29) is 18.6 Å². The maximum absolute atomic E-state index is 11.5. The molecule has 2 aliphatic heterocycles. The highest BCUT2D eigenvalue weighted by atomic mass is 16.5. The van der Waals surface area contributed by atoms with E-state index in [0.717, 1.165) is 0 Å². The largest absolute Gasteiger partial charge is 0.394 e. The first-order valence-corrected chi connectivity index (χ1v) is 9.13. The summed E-state index contributed by atoms with van der Waals surface area (Å²) in [5.41, 5.74) is 0. The highest BCUT2D eigenvalue weighted by Gasteiger charge is 2.51. The first kappa shape index (κ1) is 23.9. The van der Waals surface area contributed by atoms with Crippen LogP contribution in [0.3, 0.4) is 0 Å². The molecule has 29 heavy (non-hydrogen) atoms. The second kappa shape index (κ2) is 10.1. The van der Waals surface area contributed by atoms with Crippen molar-refractivity contribution in [3.05, 3.63) is 12.2 Å².